The van der Waals surface area contributed by atoms with Gasteiger partial charge in [0.1, 0.15) is 0 Å². The lowest BCUT2D eigenvalue weighted by Gasteiger charge is -2.33. The lowest BCUT2D eigenvalue weighted by atomic mass is 9.86. The van der Waals surface area contributed by atoms with Crippen LogP contribution in [0.15, 0.2) is 24.3 Å². The Hall–Kier alpha value is -0.860. The Kier molecular flexibility index (Phi) is 6.05. The Labute approximate surface area is 137 Å². The van der Waals surface area contributed by atoms with E-state index >= 15 is 0 Å². The average molecular weight is 303 g/mol. The third-order valence-electron chi connectivity index (χ3n) is 5.07. The highest BCUT2D eigenvalue weighted by Gasteiger charge is 2.21. The largest absolute Gasteiger partial charge is 0.330 e. The van der Waals surface area contributed by atoms with Crippen LogP contribution in [0.4, 0.5) is 0 Å². The van der Waals surface area contributed by atoms with E-state index in [0.717, 1.165) is 19.0 Å². The van der Waals surface area contributed by atoms with Crippen LogP contribution in [0.2, 0.25) is 0 Å². The van der Waals surface area contributed by atoms with Crippen LogP contribution in [-0.2, 0) is 12.0 Å². The molecule has 0 saturated carbocycles. The van der Waals surface area contributed by atoms with E-state index < -0.39 is 0 Å². The molecule has 22 heavy (non-hydrogen) atoms. The Morgan fingerprint density at radius 3 is 2.23 bits per heavy atom. The monoisotopic (exact) mass is 302 g/mol. The molecule has 0 aromatic heterocycles. The Morgan fingerprint density at radius 2 is 1.73 bits per heavy atom. The Morgan fingerprint density at radius 1 is 1.14 bits per heavy atom. The van der Waals surface area contributed by atoms with Gasteiger partial charge in [-0.1, -0.05) is 52.0 Å². The van der Waals surface area contributed by atoms with Crippen LogP contribution in [0.1, 0.15) is 58.1 Å². The molecule has 1 unspecified atom stereocenters. The molecular formula is C20H34N2. The number of piperidine rings is 1. The van der Waals surface area contributed by atoms with Crippen molar-refractivity contribution < 1.29 is 0 Å². The highest BCUT2D eigenvalue weighted by Crippen LogP contribution is 2.26. The first-order chi connectivity index (χ1) is 10.4. The van der Waals surface area contributed by atoms with Crippen molar-refractivity contribution in [2.24, 2.45) is 17.6 Å². The zero-order valence-corrected chi connectivity index (χ0v) is 14.9. The molecule has 2 rings (SSSR count). The number of likely N-dealkylation sites (tertiary alicyclic amines) is 1. The van der Waals surface area contributed by atoms with Gasteiger partial charge in [0.25, 0.3) is 0 Å². The fourth-order valence-electron chi connectivity index (χ4n) is 3.41. The first kappa shape index (κ1) is 17.5. The van der Waals surface area contributed by atoms with Crippen molar-refractivity contribution in [3.05, 3.63) is 35.4 Å². The summed E-state index contributed by atoms with van der Waals surface area (Å²) in [6, 6.07) is 9.21. The minimum atomic E-state index is 0.247. The van der Waals surface area contributed by atoms with Gasteiger partial charge in [-0.3, -0.25) is 4.90 Å². The van der Waals surface area contributed by atoms with Crippen LogP contribution in [0.25, 0.3) is 0 Å². The number of nitrogens with two attached hydrogens (primary N) is 1. The van der Waals surface area contributed by atoms with Crippen molar-refractivity contribution in [2.45, 2.75) is 58.9 Å². The van der Waals surface area contributed by atoms with Crippen LogP contribution < -0.4 is 5.73 Å². The highest BCUT2D eigenvalue weighted by molar-refractivity contribution is 5.27. The maximum absolute atomic E-state index is 5.75. The molecule has 1 saturated heterocycles. The summed E-state index contributed by atoms with van der Waals surface area (Å²) in [5.74, 6) is 1.57. The maximum Gasteiger partial charge on any atom is 0.0233 e. The van der Waals surface area contributed by atoms with Gasteiger partial charge in [-0.15, -0.1) is 0 Å². The molecule has 1 aliphatic heterocycles. The number of hydrogen-bond donors (Lipinski definition) is 1. The molecule has 0 amide bonds. The van der Waals surface area contributed by atoms with Crippen LogP contribution in [0.3, 0.4) is 0 Å². The van der Waals surface area contributed by atoms with E-state index in [1.165, 1.54) is 43.5 Å². The molecule has 0 aliphatic carbocycles. The number of benzene rings is 1. The van der Waals surface area contributed by atoms with Crippen molar-refractivity contribution in [3.63, 3.8) is 0 Å². The summed E-state index contributed by atoms with van der Waals surface area (Å²) < 4.78 is 0. The molecule has 2 N–H and O–H groups in total. The molecule has 1 fully saturated rings. The zero-order chi connectivity index (χ0) is 16.2. The first-order valence-electron chi connectivity index (χ1n) is 8.90. The third kappa shape index (κ3) is 5.10. The predicted molar refractivity (Wildman–Crippen MR) is 96.0 cm³/mol. The Bertz CT molecular complexity index is 436. The normalized spacial score (nSPS) is 19.3. The molecule has 1 aromatic rings. The molecule has 1 heterocycles. The molecule has 1 aromatic carbocycles. The predicted octanol–water partition coefficient (Wildman–Crippen LogP) is 4.18. The zero-order valence-electron chi connectivity index (χ0n) is 14.9. The van der Waals surface area contributed by atoms with E-state index in [1.54, 1.807) is 0 Å². The van der Waals surface area contributed by atoms with Gasteiger partial charge in [0.2, 0.25) is 0 Å². The van der Waals surface area contributed by atoms with Crippen molar-refractivity contribution in [3.8, 4) is 0 Å². The topological polar surface area (TPSA) is 29.3 Å². The minimum absolute atomic E-state index is 0.247. The number of nitrogens with zero attached hydrogens (tertiary/aromatic N) is 1. The van der Waals surface area contributed by atoms with Crippen molar-refractivity contribution >= 4 is 0 Å². The van der Waals surface area contributed by atoms with Crippen LogP contribution in [-0.4, -0.2) is 24.5 Å². The van der Waals surface area contributed by atoms with Crippen molar-refractivity contribution in [2.75, 3.05) is 19.6 Å². The fourth-order valence-corrected chi connectivity index (χ4v) is 3.41. The molecule has 1 aliphatic rings. The second-order valence-corrected chi connectivity index (χ2v) is 8.24. The molecule has 0 spiro atoms. The van der Waals surface area contributed by atoms with Crippen LogP contribution in [0.5, 0.6) is 0 Å². The fraction of sp³-hybridized carbons (Fsp3) is 0.700. The maximum atomic E-state index is 5.75. The SMILES string of the molecule is CC(CN)CC1CCN(Cc2ccc(C(C)(C)C)cc2)CC1. The van der Waals surface area contributed by atoms with E-state index in [0.29, 0.717) is 5.92 Å². The molecular weight excluding hydrogens is 268 g/mol. The van der Waals surface area contributed by atoms with Gasteiger partial charge >= 0.3 is 0 Å². The molecule has 2 heteroatoms. The summed E-state index contributed by atoms with van der Waals surface area (Å²) in [4.78, 5) is 2.61. The standard InChI is InChI=1S/C20H34N2/c1-16(14-21)13-17-9-11-22(12-10-17)15-18-5-7-19(8-6-18)20(2,3)4/h5-8,16-17H,9-15,21H2,1-4H3. The summed E-state index contributed by atoms with van der Waals surface area (Å²) in [6.45, 7) is 13.5. The highest BCUT2D eigenvalue weighted by atomic mass is 15.1. The summed E-state index contributed by atoms with van der Waals surface area (Å²) in [7, 11) is 0. The summed E-state index contributed by atoms with van der Waals surface area (Å²) in [5, 5.41) is 0. The quantitative estimate of drug-likeness (QED) is 0.884. The van der Waals surface area contributed by atoms with Gasteiger partial charge in [-0.2, -0.15) is 0 Å². The Balaban J connectivity index is 1.81. The summed E-state index contributed by atoms with van der Waals surface area (Å²) in [6.07, 6.45) is 3.99. The minimum Gasteiger partial charge on any atom is -0.330 e. The van der Waals surface area contributed by atoms with Gasteiger partial charge in [0.05, 0.1) is 0 Å². The van der Waals surface area contributed by atoms with E-state index in [9.17, 15) is 0 Å². The number of rotatable bonds is 5. The van der Waals surface area contributed by atoms with Crippen molar-refractivity contribution in [1.82, 2.24) is 4.90 Å². The second-order valence-electron chi connectivity index (χ2n) is 8.24. The van der Waals surface area contributed by atoms with E-state index in [2.05, 4.69) is 56.9 Å². The van der Waals surface area contributed by atoms with Gasteiger partial charge in [0.15, 0.2) is 0 Å². The summed E-state index contributed by atoms with van der Waals surface area (Å²) in [5.41, 5.74) is 8.87. The molecule has 1 atom stereocenters. The third-order valence-corrected chi connectivity index (χ3v) is 5.07. The smallest absolute Gasteiger partial charge is 0.0233 e. The van der Waals surface area contributed by atoms with Crippen LogP contribution >= 0.6 is 0 Å². The van der Waals surface area contributed by atoms with Gasteiger partial charge in [0, 0.05) is 6.54 Å². The van der Waals surface area contributed by atoms with Gasteiger partial charge < -0.3 is 5.73 Å². The molecule has 0 bridgehead atoms. The molecule has 2 nitrogen and oxygen atoms in total. The van der Waals surface area contributed by atoms with E-state index in [4.69, 9.17) is 5.73 Å². The van der Waals surface area contributed by atoms with Crippen LogP contribution in [0, 0.1) is 11.8 Å². The van der Waals surface area contributed by atoms with E-state index in [-0.39, 0.29) is 5.41 Å². The lowest BCUT2D eigenvalue weighted by molar-refractivity contribution is 0.163. The first-order valence-corrected chi connectivity index (χ1v) is 8.90. The summed E-state index contributed by atoms with van der Waals surface area (Å²) >= 11 is 0. The molecule has 0 radical (unpaired) electrons. The molecule has 124 valence electrons. The second kappa shape index (κ2) is 7.61. The van der Waals surface area contributed by atoms with Crippen molar-refractivity contribution in [1.29, 1.82) is 0 Å². The number of hydrogen-bond acceptors (Lipinski definition) is 2. The lowest BCUT2D eigenvalue weighted by Crippen LogP contribution is -2.34. The van der Waals surface area contributed by atoms with Gasteiger partial charge in [-0.05, 0) is 67.3 Å². The average Bonchev–Trinajstić information content (AvgIpc) is 2.49. The van der Waals surface area contributed by atoms with E-state index in [1.807, 2.05) is 0 Å². The van der Waals surface area contributed by atoms with Gasteiger partial charge in [-0.25, -0.2) is 0 Å².